The maximum absolute atomic E-state index is 13.1. The topological polar surface area (TPSA) is 39.3 Å². The summed E-state index contributed by atoms with van der Waals surface area (Å²) < 4.78 is 0.965. The molecule has 22 heavy (non-hydrogen) atoms. The van der Waals surface area contributed by atoms with Gasteiger partial charge in [-0.05, 0) is 49.5 Å². The van der Waals surface area contributed by atoms with Crippen molar-refractivity contribution in [2.24, 2.45) is 5.92 Å². The van der Waals surface area contributed by atoms with Crippen LogP contribution in [-0.2, 0) is 6.54 Å². The molecule has 4 aliphatic heterocycles. The second-order valence-corrected chi connectivity index (χ2v) is 7.74. The number of nitrogens with zero attached hydrogens (tertiary/aromatic N) is 2. The molecule has 0 aliphatic carbocycles. The third-order valence-corrected chi connectivity index (χ3v) is 6.14. The Morgan fingerprint density at radius 3 is 2.77 bits per heavy atom. The van der Waals surface area contributed by atoms with Crippen LogP contribution in [0.2, 0.25) is 0 Å². The lowest BCUT2D eigenvalue weighted by molar-refractivity contribution is 0.00407. The number of hydrogen-bond donors (Lipinski definition) is 1. The van der Waals surface area contributed by atoms with Crippen LogP contribution in [0.3, 0.4) is 0 Å². The minimum atomic E-state index is 0.206. The summed E-state index contributed by atoms with van der Waals surface area (Å²) >= 11 is 3.53. The highest BCUT2D eigenvalue weighted by Gasteiger charge is 2.41. The Bertz CT molecular complexity index is 776. The minimum absolute atomic E-state index is 0.206. The second kappa shape index (κ2) is 4.59. The van der Waals surface area contributed by atoms with Crippen molar-refractivity contribution in [2.75, 3.05) is 19.6 Å². The van der Waals surface area contributed by atoms with Crippen molar-refractivity contribution in [1.82, 2.24) is 14.8 Å². The largest absolute Gasteiger partial charge is 0.361 e. The highest BCUT2D eigenvalue weighted by Crippen LogP contribution is 2.37. The van der Waals surface area contributed by atoms with E-state index in [1.54, 1.807) is 0 Å². The summed E-state index contributed by atoms with van der Waals surface area (Å²) in [5.41, 5.74) is 3.16. The molecule has 3 fully saturated rings. The number of nitrogens with one attached hydrogen (secondary N) is 1. The molecule has 4 nitrogen and oxygen atoms in total. The summed E-state index contributed by atoms with van der Waals surface area (Å²) in [6.45, 7) is 4.22. The lowest BCUT2D eigenvalue weighted by Crippen LogP contribution is -2.58. The Morgan fingerprint density at radius 1 is 1.23 bits per heavy atom. The number of fused-ring (bicyclic) bond motifs is 3. The fraction of sp³-hybridized carbons (Fsp3) is 0.471. The van der Waals surface area contributed by atoms with E-state index >= 15 is 0 Å². The molecule has 1 aromatic heterocycles. The lowest BCUT2D eigenvalue weighted by Gasteiger charge is -2.49. The number of hydrogen-bond acceptors (Lipinski definition) is 2. The molecule has 1 N–H and O–H groups in total. The Labute approximate surface area is 137 Å². The first-order valence-corrected chi connectivity index (χ1v) is 8.83. The quantitative estimate of drug-likeness (QED) is 0.849. The van der Waals surface area contributed by atoms with Crippen molar-refractivity contribution in [3.63, 3.8) is 0 Å². The monoisotopic (exact) mass is 359 g/mol. The molecule has 1 aromatic carbocycles. The van der Waals surface area contributed by atoms with Crippen LogP contribution in [0.5, 0.6) is 0 Å². The van der Waals surface area contributed by atoms with Gasteiger partial charge in [0.15, 0.2) is 0 Å². The van der Waals surface area contributed by atoms with Crippen LogP contribution in [0.15, 0.2) is 22.8 Å². The number of aromatic nitrogens is 1. The molecule has 0 unspecified atom stereocenters. The van der Waals surface area contributed by atoms with Crippen molar-refractivity contribution in [2.45, 2.75) is 25.4 Å². The third kappa shape index (κ3) is 1.75. The zero-order valence-electron chi connectivity index (χ0n) is 12.3. The van der Waals surface area contributed by atoms with E-state index in [2.05, 4.69) is 43.0 Å². The summed E-state index contributed by atoms with van der Waals surface area (Å²) in [5.74, 6) is 0.884. The second-order valence-electron chi connectivity index (χ2n) is 6.83. The Kier molecular flexibility index (Phi) is 2.74. The number of carbonyl (C=O) groups is 1. The molecule has 0 spiro atoms. The first kappa shape index (κ1) is 13.1. The number of aromatic amines is 1. The molecule has 1 amide bonds. The first-order chi connectivity index (χ1) is 10.7. The van der Waals surface area contributed by atoms with Gasteiger partial charge in [-0.3, -0.25) is 4.79 Å². The lowest BCUT2D eigenvalue weighted by atomic mass is 9.82. The van der Waals surface area contributed by atoms with Crippen LogP contribution < -0.4 is 0 Å². The van der Waals surface area contributed by atoms with Crippen molar-refractivity contribution >= 4 is 32.7 Å². The molecule has 2 aromatic rings. The molecular formula is C17H18BrN3O. The fourth-order valence-corrected chi connectivity index (χ4v) is 5.02. The zero-order valence-corrected chi connectivity index (χ0v) is 13.9. The predicted octanol–water partition coefficient (Wildman–Crippen LogP) is 2.98. The standard InChI is InChI=1S/C17H18BrN3O/c18-12-5-13-16-11(7-19-14(16)6-12)8-21(17(13)22)15-9-20-3-1-10(15)2-4-20/h5-7,10,15,19H,1-4,8-9H2/t15-/m0/s1. The van der Waals surface area contributed by atoms with E-state index < -0.39 is 0 Å². The number of halogens is 1. The zero-order chi connectivity index (χ0) is 14.8. The summed E-state index contributed by atoms with van der Waals surface area (Å²) in [5, 5.41) is 1.12. The van der Waals surface area contributed by atoms with E-state index in [1.807, 2.05) is 6.07 Å². The first-order valence-electron chi connectivity index (χ1n) is 8.03. The molecule has 1 atom stereocenters. The molecule has 5 heterocycles. The summed E-state index contributed by atoms with van der Waals surface area (Å²) in [6.07, 6.45) is 4.55. The van der Waals surface area contributed by atoms with Gasteiger partial charge >= 0.3 is 0 Å². The molecule has 0 radical (unpaired) electrons. The number of amides is 1. The van der Waals surface area contributed by atoms with Crippen LogP contribution in [0, 0.1) is 5.92 Å². The van der Waals surface area contributed by atoms with Gasteiger partial charge in [-0.15, -0.1) is 0 Å². The van der Waals surface area contributed by atoms with Crippen LogP contribution in [0.1, 0.15) is 28.8 Å². The van der Waals surface area contributed by atoms with Gasteiger partial charge in [0.25, 0.3) is 5.91 Å². The average molecular weight is 360 g/mol. The third-order valence-electron chi connectivity index (χ3n) is 5.68. The number of benzene rings is 1. The maximum Gasteiger partial charge on any atom is 0.255 e. The number of rotatable bonds is 1. The summed E-state index contributed by atoms with van der Waals surface area (Å²) in [7, 11) is 0. The summed E-state index contributed by atoms with van der Waals surface area (Å²) in [4.78, 5) is 21.1. The van der Waals surface area contributed by atoms with Gasteiger partial charge in [-0.2, -0.15) is 0 Å². The molecular weight excluding hydrogens is 342 g/mol. The maximum atomic E-state index is 13.1. The van der Waals surface area contributed by atoms with Crippen molar-refractivity contribution in [3.8, 4) is 0 Å². The highest BCUT2D eigenvalue weighted by atomic mass is 79.9. The molecule has 2 bridgehead atoms. The van der Waals surface area contributed by atoms with Crippen molar-refractivity contribution in [1.29, 1.82) is 0 Å². The molecule has 6 rings (SSSR count). The molecule has 114 valence electrons. The Hall–Kier alpha value is -1.33. The fourth-order valence-electron chi connectivity index (χ4n) is 4.56. The van der Waals surface area contributed by atoms with Gasteiger partial charge in [0.2, 0.25) is 0 Å². The SMILES string of the molecule is O=C1c2cc(Br)cc3[nH]cc(c23)CN1[C@H]1CN2CCC1CC2. The van der Waals surface area contributed by atoms with E-state index in [-0.39, 0.29) is 5.91 Å². The van der Waals surface area contributed by atoms with Gasteiger partial charge in [0.1, 0.15) is 0 Å². The average Bonchev–Trinajstić information content (AvgIpc) is 2.95. The Balaban J connectivity index is 1.59. The van der Waals surface area contributed by atoms with Crippen LogP contribution in [0.4, 0.5) is 0 Å². The van der Waals surface area contributed by atoms with Gasteiger partial charge in [0, 0.05) is 40.7 Å². The number of carbonyl (C=O) groups excluding carboxylic acids is 1. The van der Waals surface area contributed by atoms with Gasteiger partial charge < -0.3 is 14.8 Å². The summed E-state index contributed by atoms with van der Waals surface area (Å²) in [6, 6.07) is 4.42. The van der Waals surface area contributed by atoms with Crippen LogP contribution in [0.25, 0.3) is 10.9 Å². The van der Waals surface area contributed by atoms with Crippen LogP contribution in [-0.4, -0.2) is 46.4 Å². The van der Waals surface area contributed by atoms with Crippen molar-refractivity contribution < 1.29 is 4.79 Å². The van der Waals surface area contributed by atoms with Gasteiger partial charge in [-0.1, -0.05) is 15.9 Å². The molecule has 0 saturated carbocycles. The van der Waals surface area contributed by atoms with E-state index in [0.717, 1.165) is 34.0 Å². The van der Waals surface area contributed by atoms with Crippen molar-refractivity contribution in [3.05, 3.63) is 33.9 Å². The minimum Gasteiger partial charge on any atom is -0.361 e. The molecule has 3 saturated heterocycles. The van der Waals surface area contributed by atoms with Gasteiger partial charge in [0.05, 0.1) is 5.56 Å². The normalized spacial score (nSPS) is 30.3. The predicted molar refractivity (Wildman–Crippen MR) is 88.8 cm³/mol. The Morgan fingerprint density at radius 2 is 2.05 bits per heavy atom. The van der Waals surface area contributed by atoms with Crippen LogP contribution >= 0.6 is 15.9 Å². The smallest absolute Gasteiger partial charge is 0.255 e. The van der Waals surface area contributed by atoms with E-state index in [0.29, 0.717) is 12.0 Å². The van der Waals surface area contributed by atoms with E-state index in [9.17, 15) is 4.79 Å². The molecule has 4 aliphatic rings. The molecule has 5 heteroatoms. The highest BCUT2D eigenvalue weighted by molar-refractivity contribution is 9.10. The van der Waals surface area contributed by atoms with Gasteiger partial charge in [-0.25, -0.2) is 0 Å². The van der Waals surface area contributed by atoms with E-state index in [1.165, 1.54) is 31.5 Å². The number of H-pyrrole nitrogens is 1. The number of piperidine rings is 3. The van der Waals surface area contributed by atoms with E-state index in [4.69, 9.17) is 0 Å².